The fraction of sp³-hybridized carbons (Fsp3) is 0.333. The summed E-state index contributed by atoms with van der Waals surface area (Å²) >= 11 is 0. The van der Waals surface area contributed by atoms with E-state index >= 15 is 0 Å². The second-order valence-corrected chi connectivity index (χ2v) is 13.3. The Kier molecular flexibility index (Phi) is 5.41. The second-order valence-electron chi connectivity index (χ2n) is 7.12. The predicted octanol–water partition coefficient (Wildman–Crippen LogP) is 1.12. The van der Waals surface area contributed by atoms with Gasteiger partial charge in [-0.3, -0.25) is 0 Å². The number of fused-ring (bicyclic) bond motifs is 2. The largest absolute Gasteiger partial charge is 0.242 e. The summed E-state index contributed by atoms with van der Waals surface area (Å²) in [7, 11) is -6.32. The molecule has 158 valence electrons. The Hall–Kier alpha value is -1.79. The molecule has 0 unspecified atom stereocenters. The lowest BCUT2D eigenvalue weighted by Crippen LogP contribution is -2.23. The van der Waals surface area contributed by atoms with Crippen molar-refractivity contribution in [2.45, 2.75) is 32.4 Å². The van der Waals surface area contributed by atoms with Gasteiger partial charge in [0.1, 0.15) is 0 Å². The molecule has 0 atom stereocenters. The molecule has 0 radical (unpaired) electrons. The molecule has 1 heterocycles. The van der Waals surface area contributed by atoms with Crippen LogP contribution < -0.4 is 0 Å². The van der Waals surface area contributed by atoms with Crippen molar-refractivity contribution in [3.63, 3.8) is 0 Å². The maximum Gasteiger partial charge on any atom is 0.242 e. The van der Waals surface area contributed by atoms with Crippen molar-refractivity contribution >= 4 is 29.9 Å². The number of nitrogens with zero attached hydrogens (tertiary/aromatic N) is 2. The van der Waals surface area contributed by atoms with Crippen LogP contribution in [0, 0.1) is 0 Å². The molecule has 0 saturated carbocycles. The summed E-state index contributed by atoms with van der Waals surface area (Å²) in [5.41, 5.74) is 0.992. The lowest BCUT2D eigenvalue weighted by molar-refractivity contribution is 0.519. The molecule has 2 aromatic carbocycles. The molecule has 0 spiro atoms. The molecule has 11 heteroatoms. The van der Waals surface area contributed by atoms with Crippen molar-refractivity contribution in [2.75, 3.05) is 28.2 Å². The van der Waals surface area contributed by atoms with E-state index in [1.165, 1.54) is 52.5 Å². The van der Waals surface area contributed by atoms with Crippen LogP contribution in [-0.4, -0.2) is 62.1 Å². The van der Waals surface area contributed by atoms with E-state index in [1.807, 2.05) is 0 Å². The minimum atomic E-state index is -4.12. The molecule has 1 aliphatic rings. The molecule has 0 N–H and O–H groups in total. The Bertz CT molecular complexity index is 1200. The minimum absolute atomic E-state index is 0.112. The third-order valence-electron chi connectivity index (χ3n) is 4.88. The SMILES string of the molecule is CN(C)S(=O)(=O)c1ccc2c(c1)S(=O)(=O)c1cc(S(=O)(=O)N(C)C)ccc1CC2. The van der Waals surface area contributed by atoms with Crippen LogP contribution >= 0.6 is 0 Å². The fourth-order valence-electron chi connectivity index (χ4n) is 3.11. The summed E-state index contributed by atoms with van der Waals surface area (Å²) in [6.07, 6.45) is 0.785. The zero-order valence-corrected chi connectivity index (χ0v) is 18.9. The smallest absolute Gasteiger partial charge is 0.218 e. The molecular formula is C18H22N2O6S3. The highest BCUT2D eigenvalue weighted by molar-refractivity contribution is 7.92. The molecule has 0 saturated heterocycles. The Labute approximate surface area is 171 Å². The summed E-state index contributed by atoms with van der Waals surface area (Å²) in [4.78, 5) is -0.493. The van der Waals surface area contributed by atoms with E-state index in [-0.39, 0.29) is 19.6 Å². The summed E-state index contributed by atoms with van der Waals surface area (Å²) in [5, 5.41) is 0. The number of sulfone groups is 1. The van der Waals surface area contributed by atoms with E-state index in [0.717, 1.165) is 20.7 Å². The molecule has 0 aliphatic carbocycles. The predicted molar refractivity (Wildman–Crippen MR) is 107 cm³/mol. The van der Waals surface area contributed by atoms with Crippen molar-refractivity contribution in [3.05, 3.63) is 47.5 Å². The maximum atomic E-state index is 13.4. The van der Waals surface area contributed by atoms with Crippen LogP contribution in [0.3, 0.4) is 0 Å². The van der Waals surface area contributed by atoms with Crippen molar-refractivity contribution in [1.29, 1.82) is 0 Å². The summed E-state index contributed by atoms with van der Waals surface area (Å²) < 4.78 is 78.7. The van der Waals surface area contributed by atoms with E-state index in [4.69, 9.17) is 0 Å². The van der Waals surface area contributed by atoms with Gasteiger partial charge in [0.05, 0.1) is 19.6 Å². The van der Waals surface area contributed by atoms with E-state index in [0.29, 0.717) is 24.0 Å². The molecule has 1 aliphatic heterocycles. The highest BCUT2D eigenvalue weighted by Crippen LogP contribution is 2.35. The van der Waals surface area contributed by atoms with E-state index < -0.39 is 29.9 Å². The normalized spacial score (nSPS) is 16.3. The van der Waals surface area contributed by atoms with Gasteiger partial charge in [-0.15, -0.1) is 0 Å². The van der Waals surface area contributed by atoms with E-state index in [2.05, 4.69) is 0 Å². The lowest BCUT2D eigenvalue weighted by atomic mass is 10.0. The Morgan fingerprint density at radius 1 is 0.690 bits per heavy atom. The number of hydrogen-bond donors (Lipinski definition) is 0. The van der Waals surface area contributed by atoms with Gasteiger partial charge >= 0.3 is 0 Å². The van der Waals surface area contributed by atoms with Crippen LogP contribution in [0.5, 0.6) is 0 Å². The van der Waals surface area contributed by atoms with Crippen LogP contribution in [0.2, 0.25) is 0 Å². The number of aryl methyl sites for hydroxylation is 2. The first-order valence-electron chi connectivity index (χ1n) is 8.65. The lowest BCUT2D eigenvalue weighted by Gasteiger charge is -2.15. The highest BCUT2D eigenvalue weighted by atomic mass is 32.2. The van der Waals surface area contributed by atoms with Crippen LogP contribution in [0.1, 0.15) is 11.1 Å². The zero-order valence-electron chi connectivity index (χ0n) is 16.4. The molecule has 0 fully saturated rings. The molecule has 0 amide bonds. The van der Waals surface area contributed by atoms with Gasteiger partial charge in [0.25, 0.3) is 0 Å². The monoisotopic (exact) mass is 458 g/mol. The van der Waals surface area contributed by atoms with Crippen molar-refractivity contribution in [2.24, 2.45) is 0 Å². The Morgan fingerprint density at radius 3 is 1.34 bits per heavy atom. The van der Waals surface area contributed by atoms with Crippen molar-refractivity contribution in [1.82, 2.24) is 8.61 Å². The van der Waals surface area contributed by atoms with Crippen molar-refractivity contribution < 1.29 is 25.3 Å². The molecule has 2 aromatic rings. The zero-order chi connectivity index (χ0) is 21.8. The Balaban J connectivity index is 2.27. The third kappa shape index (κ3) is 3.61. The Morgan fingerprint density at radius 2 is 1.03 bits per heavy atom. The molecule has 0 bridgehead atoms. The molecule has 0 aromatic heterocycles. The average Bonchev–Trinajstić information content (AvgIpc) is 2.75. The van der Waals surface area contributed by atoms with Gasteiger partial charge in [0.2, 0.25) is 29.9 Å². The number of hydrogen-bond acceptors (Lipinski definition) is 6. The van der Waals surface area contributed by atoms with Gasteiger partial charge in [-0.1, -0.05) is 12.1 Å². The molecule has 29 heavy (non-hydrogen) atoms. The van der Waals surface area contributed by atoms with E-state index in [9.17, 15) is 25.3 Å². The number of sulfonamides is 2. The molecule has 3 rings (SSSR count). The standard InChI is InChI=1S/C18H22N2O6S3/c1-19(2)28(23,24)15-9-7-13-5-6-14-8-10-16(29(25,26)20(3)4)12-18(14)27(21,22)17(13)11-15/h7-12H,5-6H2,1-4H3. The fourth-order valence-corrected chi connectivity index (χ4v) is 6.95. The van der Waals surface area contributed by atoms with Gasteiger partial charge in [-0.2, -0.15) is 0 Å². The van der Waals surface area contributed by atoms with Gasteiger partial charge in [0, 0.05) is 28.2 Å². The molecular weight excluding hydrogens is 436 g/mol. The average molecular weight is 459 g/mol. The second kappa shape index (κ2) is 7.17. The van der Waals surface area contributed by atoms with Crippen LogP contribution in [0.4, 0.5) is 0 Å². The summed E-state index contributed by atoms with van der Waals surface area (Å²) in [6.45, 7) is 0. The maximum absolute atomic E-state index is 13.4. The molecule has 8 nitrogen and oxygen atoms in total. The van der Waals surface area contributed by atoms with Crippen LogP contribution in [0.25, 0.3) is 0 Å². The first-order chi connectivity index (χ1) is 13.3. The first kappa shape index (κ1) is 21.9. The van der Waals surface area contributed by atoms with Gasteiger partial charge in [-0.25, -0.2) is 33.9 Å². The topological polar surface area (TPSA) is 109 Å². The van der Waals surface area contributed by atoms with E-state index in [1.54, 1.807) is 0 Å². The summed E-state index contributed by atoms with van der Waals surface area (Å²) in [6, 6.07) is 8.10. The quantitative estimate of drug-likeness (QED) is 0.679. The number of benzene rings is 2. The minimum Gasteiger partial charge on any atom is -0.218 e. The summed E-state index contributed by atoms with van der Waals surface area (Å²) in [5.74, 6) is 0. The number of rotatable bonds is 4. The van der Waals surface area contributed by atoms with Crippen LogP contribution in [-0.2, 0) is 42.7 Å². The van der Waals surface area contributed by atoms with Gasteiger partial charge in [-0.05, 0) is 48.2 Å². The van der Waals surface area contributed by atoms with Crippen molar-refractivity contribution in [3.8, 4) is 0 Å². The van der Waals surface area contributed by atoms with Crippen LogP contribution in [0.15, 0.2) is 56.0 Å². The first-order valence-corrected chi connectivity index (χ1v) is 13.0. The van der Waals surface area contributed by atoms with Gasteiger partial charge < -0.3 is 0 Å². The highest BCUT2D eigenvalue weighted by Gasteiger charge is 2.31. The third-order valence-corrected chi connectivity index (χ3v) is 10.4. The van der Waals surface area contributed by atoms with Gasteiger partial charge in [0.15, 0.2) is 0 Å².